The van der Waals surface area contributed by atoms with Crippen LogP contribution in [-0.4, -0.2) is 4.98 Å². The topological polar surface area (TPSA) is 87.7 Å². The van der Waals surface area contributed by atoms with Crippen molar-refractivity contribution in [2.45, 2.75) is 6.54 Å². The van der Waals surface area contributed by atoms with Crippen LogP contribution in [0.15, 0.2) is 10.5 Å². The van der Waals surface area contributed by atoms with Crippen molar-refractivity contribution in [1.29, 1.82) is 0 Å². The number of hydrogen-bond acceptors (Lipinski definition) is 4. The molecule has 1 rings (SSSR count). The fourth-order valence-corrected chi connectivity index (χ4v) is 1.05. The molecule has 0 amide bonds. The van der Waals surface area contributed by atoms with Crippen LogP contribution in [0.2, 0.25) is 0 Å². The third-order valence-electron chi connectivity index (χ3n) is 0.865. The highest BCUT2D eigenvalue weighted by Gasteiger charge is 1.94. The zero-order valence-electron chi connectivity index (χ0n) is 5.06. The molecule has 1 heterocycles. The molecule has 52 valence electrons. The Morgan fingerprint density at radius 1 is 1.90 bits per heavy atom. The van der Waals surface area contributed by atoms with Crippen molar-refractivity contribution in [2.75, 3.05) is 5.73 Å². The first-order chi connectivity index (χ1) is 4.83. The van der Waals surface area contributed by atoms with Gasteiger partial charge in [0.2, 0.25) is 0 Å². The molecule has 2 N–H and O–H groups in total. The third-order valence-corrected chi connectivity index (χ3v) is 1.59. The molecular formula is C4H5N5S. The summed E-state index contributed by atoms with van der Waals surface area (Å²) in [6.07, 6.45) is 0. The minimum absolute atomic E-state index is 0.282. The van der Waals surface area contributed by atoms with Crippen molar-refractivity contribution < 1.29 is 0 Å². The van der Waals surface area contributed by atoms with Gasteiger partial charge in [0.1, 0.15) is 0 Å². The lowest BCUT2D eigenvalue weighted by Gasteiger charge is -1.80. The average molecular weight is 155 g/mol. The van der Waals surface area contributed by atoms with Gasteiger partial charge in [-0.1, -0.05) is 5.11 Å². The summed E-state index contributed by atoms with van der Waals surface area (Å²) in [4.78, 5) is 6.47. The maximum Gasteiger partial charge on any atom is 0.180 e. The Bertz CT molecular complexity index is 260. The van der Waals surface area contributed by atoms with Gasteiger partial charge in [-0.3, -0.25) is 0 Å². The maximum atomic E-state index is 7.94. The van der Waals surface area contributed by atoms with Crippen LogP contribution in [0.4, 0.5) is 5.13 Å². The van der Waals surface area contributed by atoms with Crippen LogP contribution in [0, 0.1) is 0 Å². The van der Waals surface area contributed by atoms with Gasteiger partial charge in [0, 0.05) is 10.3 Å². The number of hydrogen-bond donors (Lipinski definition) is 1. The van der Waals surface area contributed by atoms with Crippen molar-refractivity contribution in [1.82, 2.24) is 4.98 Å². The Kier molecular flexibility index (Phi) is 2.09. The Morgan fingerprint density at radius 3 is 3.20 bits per heavy atom. The van der Waals surface area contributed by atoms with Gasteiger partial charge in [-0.15, -0.1) is 11.3 Å². The lowest BCUT2D eigenvalue weighted by atomic mass is 10.5. The Hall–Kier alpha value is -1.26. The van der Waals surface area contributed by atoms with Crippen LogP contribution in [0.25, 0.3) is 10.4 Å². The monoisotopic (exact) mass is 155 g/mol. The standard InChI is InChI=1S/C4H5N5S/c5-4-8-3(2-10-4)1-7-9-6/h2H,1H2,(H2,5,8). The molecule has 1 aromatic rings. The second kappa shape index (κ2) is 3.05. The van der Waals surface area contributed by atoms with Crippen molar-refractivity contribution in [3.63, 3.8) is 0 Å². The van der Waals surface area contributed by atoms with E-state index in [0.29, 0.717) is 5.13 Å². The van der Waals surface area contributed by atoms with Gasteiger partial charge in [0.15, 0.2) is 5.13 Å². The van der Waals surface area contributed by atoms with Crippen LogP contribution in [0.3, 0.4) is 0 Å². The largest absolute Gasteiger partial charge is 0.375 e. The van der Waals surface area contributed by atoms with Crippen LogP contribution < -0.4 is 5.73 Å². The summed E-state index contributed by atoms with van der Waals surface area (Å²) >= 11 is 1.34. The number of azide groups is 1. The van der Waals surface area contributed by atoms with Gasteiger partial charge in [0.25, 0.3) is 0 Å². The summed E-state index contributed by atoms with van der Waals surface area (Å²) in [6.45, 7) is 0.282. The minimum atomic E-state index is 0.282. The Labute approximate surface area is 61.1 Å². The molecule has 0 aliphatic heterocycles. The van der Waals surface area contributed by atoms with E-state index in [0.717, 1.165) is 5.69 Å². The van der Waals surface area contributed by atoms with Gasteiger partial charge in [0.05, 0.1) is 12.2 Å². The molecule has 0 aliphatic rings. The number of rotatable bonds is 2. The summed E-state index contributed by atoms with van der Waals surface area (Å²) < 4.78 is 0. The molecule has 10 heavy (non-hydrogen) atoms. The van der Waals surface area contributed by atoms with E-state index in [4.69, 9.17) is 11.3 Å². The average Bonchev–Trinajstić information content (AvgIpc) is 2.31. The van der Waals surface area contributed by atoms with E-state index in [1.54, 1.807) is 5.38 Å². The number of nitrogens with zero attached hydrogens (tertiary/aromatic N) is 4. The molecule has 0 aliphatic carbocycles. The molecule has 0 saturated carbocycles. The smallest absolute Gasteiger partial charge is 0.180 e. The highest BCUT2D eigenvalue weighted by atomic mass is 32.1. The molecule has 0 atom stereocenters. The fraction of sp³-hybridized carbons (Fsp3) is 0.250. The maximum absolute atomic E-state index is 7.94. The predicted molar refractivity (Wildman–Crippen MR) is 39.4 cm³/mol. The first kappa shape index (κ1) is 6.85. The quantitative estimate of drug-likeness (QED) is 0.398. The van der Waals surface area contributed by atoms with E-state index >= 15 is 0 Å². The molecule has 5 nitrogen and oxygen atoms in total. The van der Waals surface area contributed by atoms with Gasteiger partial charge in [-0.25, -0.2) is 4.98 Å². The van der Waals surface area contributed by atoms with Crippen molar-refractivity contribution in [2.24, 2.45) is 5.11 Å². The number of nitrogens with two attached hydrogens (primary N) is 1. The van der Waals surface area contributed by atoms with Gasteiger partial charge < -0.3 is 5.73 Å². The fourth-order valence-electron chi connectivity index (χ4n) is 0.499. The first-order valence-corrected chi connectivity index (χ1v) is 3.41. The minimum Gasteiger partial charge on any atom is -0.375 e. The van der Waals surface area contributed by atoms with Crippen LogP contribution >= 0.6 is 11.3 Å². The molecule has 0 spiro atoms. The number of thiazole rings is 1. The van der Waals surface area contributed by atoms with Crippen molar-refractivity contribution in [3.8, 4) is 0 Å². The van der Waals surface area contributed by atoms with Crippen LogP contribution in [-0.2, 0) is 6.54 Å². The molecule has 1 aromatic heterocycles. The number of aromatic nitrogens is 1. The molecular weight excluding hydrogens is 150 g/mol. The second-order valence-electron chi connectivity index (χ2n) is 1.57. The lowest BCUT2D eigenvalue weighted by molar-refractivity contribution is 0.997. The molecule has 0 bridgehead atoms. The van der Waals surface area contributed by atoms with Gasteiger partial charge >= 0.3 is 0 Å². The molecule has 0 saturated heterocycles. The predicted octanol–water partition coefficient (Wildman–Crippen LogP) is 1.54. The summed E-state index contributed by atoms with van der Waals surface area (Å²) in [5.41, 5.74) is 14.0. The van der Waals surface area contributed by atoms with E-state index in [1.165, 1.54) is 11.3 Å². The summed E-state index contributed by atoms with van der Waals surface area (Å²) in [5, 5.41) is 5.60. The third kappa shape index (κ3) is 1.61. The normalized spacial score (nSPS) is 8.80. The van der Waals surface area contributed by atoms with E-state index in [2.05, 4.69) is 15.0 Å². The van der Waals surface area contributed by atoms with E-state index in [1.807, 2.05) is 0 Å². The number of anilines is 1. The van der Waals surface area contributed by atoms with E-state index in [-0.39, 0.29) is 6.54 Å². The Balaban J connectivity index is 2.66. The van der Waals surface area contributed by atoms with Crippen LogP contribution in [0.5, 0.6) is 0 Å². The van der Waals surface area contributed by atoms with Gasteiger partial charge in [-0.05, 0) is 5.53 Å². The summed E-state index contributed by atoms with van der Waals surface area (Å²) in [5.74, 6) is 0. The summed E-state index contributed by atoms with van der Waals surface area (Å²) in [6, 6.07) is 0. The molecule has 0 aromatic carbocycles. The lowest BCUT2D eigenvalue weighted by Crippen LogP contribution is -1.83. The number of nitrogen functional groups attached to an aromatic ring is 1. The van der Waals surface area contributed by atoms with E-state index in [9.17, 15) is 0 Å². The molecule has 0 radical (unpaired) electrons. The van der Waals surface area contributed by atoms with Gasteiger partial charge in [-0.2, -0.15) is 0 Å². The zero-order chi connectivity index (χ0) is 7.40. The van der Waals surface area contributed by atoms with Crippen molar-refractivity contribution >= 4 is 16.5 Å². The Morgan fingerprint density at radius 2 is 2.70 bits per heavy atom. The molecule has 0 fully saturated rings. The zero-order valence-corrected chi connectivity index (χ0v) is 5.88. The first-order valence-electron chi connectivity index (χ1n) is 2.53. The molecule has 0 unspecified atom stereocenters. The summed E-state index contributed by atoms with van der Waals surface area (Å²) in [7, 11) is 0. The van der Waals surface area contributed by atoms with E-state index < -0.39 is 0 Å². The molecule has 6 heteroatoms. The highest BCUT2D eigenvalue weighted by molar-refractivity contribution is 7.13. The van der Waals surface area contributed by atoms with Crippen molar-refractivity contribution in [3.05, 3.63) is 21.5 Å². The second-order valence-corrected chi connectivity index (χ2v) is 2.46. The highest BCUT2D eigenvalue weighted by Crippen LogP contribution is 2.11. The SMILES string of the molecule is [N-]=[N+]=NCc1csc(N)n1. The van der Waals surface area contributed by atoms with Crippen LogP contribution in [0.1, 0.15) is 5.69 Å².